The number of hydrogen-bond donors (Lipinski definition) is 1. The van der Waals surface area contributed by atoms with Crippen molar-refractivity contribution >= 4 is 15.7 Å². The standard InChI is InChI=1S/C23H29N3O5S/c1-30-19-2-4-20(5-3-19)32(28,29)24-21-6-7-22-17-12-16(14-26(22)23(21)27)13-25(15-17)18-8-10-31-11-9-18/h2-7,16-18,24H,8-15H2,1H3/t16-,17+/m0/s1. The predicted molar refractivity (Wildman–Crippen MR) is 121 cm³/mol. The molecule has 0 aliphatic carbocycles. The number of benzene rings is 1. The molecule has 2 aromatic rings. The molecule has 4 heterocycles. The average molecular weight is 460 g/mol. The molecule has 3 aliphatic heterocycles. The fourth-order valence-electron chi connectivity index (χ4n) is 5.37. The second-order valence-corrected chi connectivity index (χ2v) is 10.6. The molecule has 2 atom stereocenters. The van der Waals surface area contributed by atoms with E-state index in [9.17, 15) is 13.2 Å². The summed E-state index contributed by atoms with van der Waals surface area (Å²) in [6.45, 7) is 4.20. The fraction of sp³-hybridized carbons (Fsp3) is 0.522. The van der Waals surface area contributed by atoms with Crippen LogP contribution >= 0.6 is 0 Å². The van der Waals surface area contributed by atoms with Crippen LogP contribution in [0.3, 0.4) is 0 Å². The molecule has 172 valence electrons. The predicted octanol–water partition coefficient (Wildman–Crippen LogP) is 2.26. The number of fused-ring (bicyclic) bond motifs is 4. The van der Waals surface area contributed by atoms with Crippen LogP contribution < -0.4 is 15.0 Å². The lowest BCUT2D eigenvalue weighted by atomic mass is 9.82. The monoisotopic (exact) mass is 459 g/mol. The Balaban J connectivity index is 1.38. The molecule has 1 aromatic carbocycles. The van der Waals surface area contributed by atoms with Crippen LogP contribution in [0.5, 0.6) is 5.75 Å². The second-order valence-electron chi connectivity index (χ2n) is 8.96. The maximum Gasteiger partial charge on any atom is 0.275 e. The van der Waals surface area contributed by atoms with Gasteiger partial charge in [0.15, 0.2) is 0 Å². The largest absolute Gasteiger partial charge is 0.497 e. The van der Waals surface area contributed by atoms with Gasteiger partial charge in [-0.05, 0) is 61.6 Å². The van der Waals surface area contributed by atoms with E-state index in [0.29, 0.717) is 30.2 Å². The van der Waals surface area contributed by atoms with Gasteiger partial charge in [-0.15, -0.1) is 0 Å². The van der Waals surface area contributed by atoms with Crippen molar-refractivity contribution in [1.29, 1.82) is 0 Å². The van der Waals surface area contributed by atoms with Crippen LogP contribution in [0.25, 0.3) is 0 Å². The first-order valence-electron chi connectivity index (χ1n) is 11.2. The normalized spacial score (nSPS) is 24.0. The number of hydrogen-bond acceptors (Lipinski definition) is 6. The number of aromatic nitrogens is 1. The third-order valence-electron chi connectivity index (χ3n) is 6.95. The molecule has 2 saturated heterocycles. The molecule has 2 bridgehead atoms. The Morgan fingerprint density at radius 2 is 1.78 bits per heavy atom. The van der Waals surface area contributed by atoms with Crippen LogP contribution in [-0.2, 0) is 21.3 Å². The van der Waals surface area contributed by atoms with Gasteiger partial charge in [0.25, 0.3) is 15.6 Å². The Morgan fingerprint density at radius 1 is 1.03 bits per heavy atom. The molecule has 3 aliphatic rings. The third-order valence-corrected chi connectivity index (χ3v) is 8.34. The summed E-state index contributed by atoms with van der Waals surface area (Å²) in [6, 6.07) is 10.2. The smallest absolute Gasteiger partial charge is 0.275 e. The van der Waals surface area contributed by atoms with Gasteiger partial charge in [0.2, 0.25) is 0 Å². The molecule has 2 fully saturated rings. The summed E-state index contributed by atoms with van der Waals surface area (Å²) < 4.78 is 40.5. The van der Waals surface area contributed by atoms with Gasteiger partial charge < -0.3 is 14.0 Å². The maximum atomic E-state index is 13.2. The Kier molecular flexibility index (Phi) is 5.73. The SMILES string of the molecule is COc1ccc(S(=O)(=O)Nc2ccc3n(c2=O)C[C@H]2C[C@@H]3CN(C3CCOCC3)C2)cc1. The summed E-state index contributed by atoms with van der Waals surface area (Å²) in [5, 5.41) is 0. The number of ether oxygens (including phenoxy) is 2. The van der Waals surface area contributed by atoms with E-state index >= 15 is 0 Å². The lowest BCUT2D eigenvalue weighted by Gasteiger charge is -2.46. The van der Waals surface area contributed by atoms with Crippen LogP contribution in [-0.4, -0.2) is 57.3 Å². The van der Waals surface area contributed by atoms with Gasteiger partial charge in [-0.3, -0.25) is 14.4 Å². The highest BCUT2D eigenvalue weighted by Crippen LogP contribution is 2.37. The minimum absolute atomic E-state index is 0.0874. The van der Waals surface area contributed by atoms with Crippen LogP contribution in [0.15, 0.2) is 46.1 Å². The van der Waals surface area contributed by atoms with Gasteiger partial charge in [-0.2, -0.15) is 0 Å². The van der Waals surface area contributed by atoms with E-state index in [1.807, 2.05) is 6.07 Å². The molecule has 0 spiro atoms. The van der Waals surface area contributed by atoms with E-state index < -0.39 is 10.0 Å². The van der Waals surface area contributed by atoms with Crippen LogP contribution in [0.1, 0.15) is 30.9 Å². The molecule has 1 aromatic heterocycles. The molecule has 0 amide bonds. The van der Waals surface area contributed by atoms with Gasteiger partial charge in [0.1, 0.15) is 11.4 Å². The maximum absolute atomic E-state index is 13.2. The number of nitrogens with zero attached hydrogens (tertiary/aromatic N) is 2. The number of methoxy groups -OCH3 is 1. The zero-order valence-electron chi connectivity index (χ0n) is 18.2. The van der Waals surface area contributed by atoms with E-state index in [-0.39, 0.29) is 16.1 Å². The third kappa shape index (κ3) is 4.04. The van der Waals surface area contributed by atoms with E-state index in [1.54, 1.807) is 22.8 Å². The summed E-state index contributed by atoms with van der Waals surface area (Å²) in [5.41, 5.74) is 0.829. The average Bonchev–Trinajstić information content (AvgIpc) is 2.81. The summed E-state index contributed by atoms with van der Waals surface area (Å²) >= 11 is 0. The van der Waals surface area contributed by atoms with E-state index in [2.05, 4.69) is 9.62 Å². The first kappa shape index (κ1) is 21.5. The topological polar surface area (TPSA) is 89.9 Å². The van der Waals surface area contributed by atoms with Crippen LogP contribution in [0.2, 0.25) is 0 Å². The lowest BCUT2D eigenvalue weighted by molar-refractivity contribution is 0.00589. The Morgan fingerprint density at radius 3 is 2.50 bits per heavy atom. The van der Waals surface area contributed by atoms with Crippen molar-refractivity contribution < 1.29 is 17.9 Å². The van der Waals surface area contributed by atoms with E-state index in [4.69, 9.17) is 9.47 Å². The zero-order chi connectivity index (χ0) is 22.3. The molecule has 1 N–H and O–H groups in total. The highest BCUT2D eigenvalue weighted by molar-refractivity contribution is 7.92. The number of piperidine rings is 1. The number of sulfonamides is 1. The second kappa shape index (κ2) is 8.53. The summed E-state index contributed by atoms with van der Waals surface area (Å²) in [4.78, 5) is 15.9. The van der Waals surface area contributed by atoms with Gasteiger partial charge in [-0.1, -0.05) is 0 Å². The lowest BCUT2D eigenvalue weighted by Crippen LogP contribution is -2.51. The van der Waals surface area contributed by atoms with E-state index in [1.165, 1.54) is 19.2 Å². The molecule has 0 radical (unpaired) electrons. The quantitative estimate of drug-likeness (QED) is 0.738. The fourth-order valence-corrected chi connectivity index (χ4v) is 6.42. The number of rotatable bonds is 5. The minimum Gasteiger partial charge on any atom is -0.497 e. The van der Waals surface area contributed by atoms with Crippen molar-refractivity contribution in [3.8, 4) is 5.75 Å². The molecule has 0 unspecified atom stereocenters. The summed E-state index contributed by atoms with van der Waals surface area (Å²) in [5.74, 6) is 1.26. The van der Waals surface area contributed by atoms with Crippen molar-refractivity contribution in [3.63, 3.8) is 0 Å². The highest BCUT2D eigenvalue weighted by Gasteiger charge is 2.37. The molecule has 0 saturated carbocycles. The van der Waals surface area contributed by atoms with Crippen molar-refractivity contribution in [2.75, 3.05) is 38.1 Å². The number of pyridine rings is 1. The van der Waals surface area contributed by atoms with Crippen molar-refractivity contribution in [3.05, 3.63) is 52.4 Å². The molecule has 8 nitrogen and oxygen atoms in total. The molecule has 32 heavy (non-hydrogen) atoms. The summed E-state index contributed by atoms with van der Waals surface area (Å²) in [7, 11) is -2.35. The molecular formula is C23H29N3O5S. The summed E-state index contributed by atoms with van der Waals surface area (Å²) in [6.07, 6.45) is 3.22. The Labute approximate surface area is 188 Å². The molecular weight excluding hydrogens is 430 g/mol. The first-order chi connectivity index (χ1) is 15.4. The van der Waals surface area contributed by atoms with Gasteiger partial charge in [0.05, 0.1) is 12.0 Å². The van der Waals surface area contributed by atoms with Crippen LogP contribution in [0.4, 0.5) is 5.69 Å². The Hall–Kier alpha value is -2.36. The minimum atomic E-state index is -3.87. The van der Waals surface area contributed by atoms with Crippen molar-refractivity contribution in [1.82, 2.24) is 9.47 Å². The molecule has 9 heteroatoms. The van der Waals surface area contributed by atoms with Crippen molar-refractivity contribution in [2.24, 2.45) is 5.92 Å². The van der Waals surface area contributed by atoms with Gasteiger partial charge >= 0.3 is 0 Å². The number of nitrogens with one attached hydrogen (secondary N) is 1. The van der Waals surface area contributed by atoms with E-state index in [0.717, 1.165) is 51.3 Å². The Bertz CT molecular complexity index is 1140. The van der Waals surface area contributed by atoms with Crippen molar-refractivity contribution in [2.45, 2.75) is 42.7 Å². The van der Waals surface area contributed by atoms with Crippen LogP contribution in [0, 0.1) is 5.92 Å². The van der Waals surface area contributed by atoms with Gasteiger partial charge in [0, 0.05) is 50.5 Å². The first-order valence-corrected chi connectivity index (χ1v) is 12.7. The zero-order valence-corrected chi connectivity index (χ0v) is 19.0. The number of anilines is 1. The highest BCUT2D eigenvalue weighted by atomic mass is 32.2. The van der Waals surface area contributed by atoms with Gasteiger partial charge in [-0.25, -0.2) is 8.42 Å². The molecule has 5 rings (SSSR count). The number of likely N-dealkylation sites (tertiary alicyclic amines) is 1.